The predicted octanol–water partition coefficient (Wildman–Crippen LogP) is 0.511. The normalized spacial score (nSPS) is 14.8. The molecule has 0 aromatic rings. The highest BCUT2D eigenvalue weighted by molar-refractivity contribution is 4.51. The van der Waals surface area contributed by atoms with E-state index in [0.29, 0.717) is 39.6 Å². The number of hydrogen-bond acceptors (Lipinski definition) is 5. The summed E-state index contributed by atoms with van der Waals surface area (Å²) in [4.78, 5) is 0. The van der Waals surface area contributed by atoms with Crippen LogP contribution in [0.4, 0.5) is 0 Å². The average Bonchev–Trinajstić information content (AvgIpc) is 2.25. The van der Waals surface area contributed by atoms with Crippen LogP contribution in [0.15, 0.2) is 0 Å². The van der Waals surface area contributed by atoms with Gasteiger partial charge in [0, 0.05) is 25.3 Å². The van der Waals surface area contributed by atoms with Gasteiger partial charge in [-0.1, -0.05) is 0 Å². The standard InChI is InChI=1S/C12H28N2O3/c1-11(13)3-5-15-7-9-17-10-8-16-6-4-12(2)14/h11-12H,3-10,13-14H2,1-2H3. The van der Waals surface area contributed by atoms with Crippen molar-refractivity contribution in [3.05, 3.63) is 0 Å². The zero-order chi connectivity index (χ0) is 12.9. The summed E-state index contributed by atoms with van der Waals surface area (Å²) in [5.74, 6) is 0. The summed E-state index contributed by atoms with van der Waals surface area (Å²) in [6.45, 7) is 7.79. The van der Waals surface area contributed by atoms with Gasteiger partial charge in [0.15, 0.2) is 0 Å². The van der Waals surface area contributed by atoms with Crippen LogP contribution in [-0.4, -0.2) is 51.7 Å². The van der Waals surface area contributed by atoms with Gasteiger partial charge < -0.3 is 25.7 Å². The maximum atomic E-state index is 5.59. The summed E-state index contributed by atoms with van der Waals surface area (Å²) < 4.78 is 16.0. The van der Waals surface area contributed by atoms with Crippen LogP contribution >= 0.6 is 0 Å². The number of rotatable bonds is 12. The fraction of sp³-hybridized carbons (Fsp3) is 1.00. The third-order valence-corrected chi connectivity index (χ3v) is 2.18. The van der Waals surface area contributed by atoms with E-state index in [9.17, 15) is 0 Å². The Labute approximate surface area is 105 Å². The molecule has 0 saturated heterocycles. The molecular weight excluding hydrogens is 220 g/mol. The molecule has 0 aromatic carbocycles. The maximum Gasteiger partial charge on any atom is 0.0701 e. The Kier molecular flexibility index (Phi) is 12.1. The van der Waals surface area contributed by atoms with Gasteiger partial charge in [-0.05, 0) is 26.7 Å². The van der Waals surface area contributed by atoms with Crippen LogP contribution in [0.2, 0.25) is 0 Å². The predicted molar refractivity (Wildman–Crippen MR) is 69.0 cm³/mol. The first-order valence-corrected chi connectivity index (χ1v) is 6.37. The van der Waals surface area contributed by atoms with Gasteiger partial charge in [-0.2, -0.15) is 0 Å². The molecule has 0 aliphatic heterocycles. The topological polar surface area (TPSA) is 79.7 Å². The SMILES string of the molecule is CC(N)CCOCCOCCOCCC(C)N. The first-order valence-electron chi connectivity index (χ1n) is 6.37. The Morgan fingerprint density at radius 3 is 1.24 bits per heavy atom. The van der Waals surface area contributed by atoms with Gasteiger partial charge in [-0.3, -0.25) is 0 Å². The molecule has 0 rings (SSSR count). The fourth-order valence-corrected chi connectivity index (χ4v) is 1.08. The Morgan fingerprint density at radius 1 is 0.647 bits per heavy atom. The van der Waals surface area contributed by atoms with E-state index in [2.05, 4.69) is 0 Å². The number of hydrogen-bond donors (Lipinski definition) is 2. The molecule has 5 nitrogen and oxygen atoms in total. The van der Waals surface area contributed by atoms with E-state index < -0.39 is 0 Å². The zero-order valence-corrected chi connectivity index (χ0v) is 11.2. The summed E-state index contributed by atoms with van der Waals surface area (Å²) in [6, 6.07) is 0.406. The molecule has 0 radical (unpaired) electrons. The summed E-state index contributed by atoms with van der Waals surface area (Å²) in [7, 11) is 0. The van der Waals surface area contributed by atoms with Crippen molar-refractivity contribution < 1.29 is 14.2 Å². The van der Waals surface area contributed by atoms with Crippen molar-refractivity contribution in [1.29, 1.82) is 0 Å². The van der Waals surface area contributed by atoms with Crippen molar-refractivity contribution in [1.82, 2.24) is 0 Å². The van der Waals surface area contributed by atoms with Gasteiger partial charge in [-0.15, -0.1) is 0 Å². The van der Waals surface area contributed by atoms with Crippen LogP contribution in [0.3, 0.4) is 0 Å². The van der Waals surface area contributed by atoms with Crippen molar-refractivity contribution in [3.63, 3.8) is 0 Å². The lowest BCUT2D eigenvalue weighted by Gasteiger charge is -2.08. The quantitative estimate of drug-likeness (QED) is 0.492. The first-order chi connectivity index (χ1) is 8.13. The Bertz CT molecular complexity index is 139. The van der Waals surface area contributed by atoms with Crippen molar-refractivity contribution in [3.8, 4) is 0 Å². The minimum Gasteiger partial charge on any atom is -0.379 e. The summed E-state index contributed by atoms with van der Waals surface area (Å²) in [5.41, 5.74) is 11.2. The van der Waals surface area contributed by atoms with Crippen LogP contribution in [0.1, 0.15) is 26.7 Å². The Morgan fingerprint density at radius 2 is 0.941 bits per heavy atom. The van der Waals surface area contributed by atoms with Crippen LogP contribution in [0.25, 0.3) is 0 Å². The number of nitrogens with two attached hydrogens (primary N) is 2. The molecule has 0 bridgehead atoms. The van der Waals surface area contributed by atoms with E-state index in [4.69, 9.17) is 25.7 Å². The van der Waals surface area contributed by atoms with Crippen LogP contribution in [0.5, 0.6) is 0 Å². The van der Waals surface area contributed by atoms with Crippen molar-refractivity contribution in [2.75, 3.05) is 39.6 Å². The Balaban J connectivity index is 2.94. The summed E-state index contributed by atoms with van der Waals surface area (Å²) in [5, 5.41) is 0. The molecule has 104 valence electrons. The second kappa shape index (κ2) is 12.3. The van der Waals surface area contributed by atoms with Gasteiger partial charge in [0.1, 0.15) is 0 Å². The summed E-state index contributed by atoms with van der Waals surface area (Å²) in [6.07, 6.45) is 1.78. The second-order valence-electron chi connectivity index (χ2n) is 4.37. The highest BCUT2D eigenvalue weighted by atomic mass is 16.5. The average molecular weight is 248 g/mol. The molecule has 0 saturated carbocycles. The first kappa shape index (κ1) is 16.8. The van der Waals surface area contributed by atoms with E-state index in [-0.39, 0.29) is 12.1 Å². The minimum atomic E-state index is 0.203. The number of ether oxygens (including phenoxy) is 3. The van der Waals surface area contributed by atoms with Crippen molar-refractivity contribution in [2.24, 2.45) is 11.5 Å². The van der Waals surface area contributed by atoms with Gasteiger partial charge in [0.05, 0.1) is 26.4 Å². The molecule has 0 amide bonds. The minimum absolute atomic E-state index is 0.203. The Hall–Kier alpha value is -0.200. The van der Waals surface area contributed by atoms with Gasteiger partial charge >= 0.3 is 0 Å². The molecule has 5 heteroatoms. The highest BCUT2D eigenvalue weighted by Gasteiger charge is 1.95. The molecule has 2 unspecified atom stereocenters. The van der Waals surface area contributed by atoms with E-state index in [1.165, 1.54) is 0 Å². The van der Waals surface area contributed by atoms with E-state index in [1.54, 1.807) is 0 Å². The molecule has 2 atom stereocenters. The molecule has 0 aliphatic carbocycles. The lowest BCUT2D eigenvalue weighted by Crippen LogP contribution is -2.19. The van der Waals surface area contributed by atoms with E-state index in [1.807, 2.05) is 13.8 Å². The molecule has 0 heterocycles. The smallest absolute Gasteiger partial charge is 0.0701 e. The summed E-state index contributed by atoms with van der Waals surface area (Å²) >= 11 is 0. The molecular formula is C12H28N2O3. The lowest BCUT2D eigenvalue weighted by molar-refractivity contribution is 0.0127. The maximum absolute atomic E-state index is 5.59. The van der Waals surface area contributed by atoms with Crippen LogP contribution in [0, 0.1) is 0 Å². The lowest BCUT2D eigenvalue weighted by atomic mass is 10.3. The molecule has 4 N–H and O–H groups in total. The molecule has 0 aromatic heterocycles. The molecule has 0 spiro atoms. The monoisotopic (exact) mass is 248 g/mol. The van der Waals surface area contributed by atoms with E-state index in [0.717, 1.165) is 12.8 Å². The zero-order valence-electron chi connectivity index (χ0n) is 11.2. The van der Waals surface area contributed by atoms with Gasteiger partial charge in [-0.25, -0.2) is 0 Å². The molecule has 0 aliphatic rings. The van der Waals surface area contributed by atoms with Crippen LogP contribution in [-0.2, 0) is 14.2 Å². The van der Waals surface area contributed by atoms with Crippen molar-refractivity contribution in [2.45, 2.75) is 38.8 Å². The van der Waals surface area contributed by atoms with E-state index >= 15 is 0 Å². The fourth-order valence-electron chi connectivity index (χ4n) is 1.08. The molecule has 17 heavy (non-hydrogen) atoms. The van der Waals surface area contributed by atoms with Crippen LogP contribution < -0.4 is 11.5 Å². The van der Waals surface area contributed by atoms with Gasteiger partial charge in [0.2, 0.25) is 0 Å². The highest BCUT2D eigenvalue weighted by Crippen LogP contribution is 1.89. The second-order valence-corrected chi connectivity index (χ2v) is 4.37. The largest absolute Gasteiger partial charge is 0.379 e. The molecule has 0 fully saturated rings. The third kappa shape index (κ3) is 15.8. The van der Waals surface area contributed by atoms with Gasteiger partial charge in [0.25, 0.3) is 0 Å². The van der Waals surface area contributed by atoms with Crippen molar-refractivity contribution >= 4 is 0 Å². The third-order valence-electron chi connectivity index (χ3n) is 2.18.